The highest BCUT2D eigenvalue weighted by Gasteiger charge is 2.24. The topological polar surface area (TPSA) is 18.5 Å². The van der Waals surface area contributed by atoms with E-state index in [1.165, 1.54) is 26.2 Å². The molecule has 3 nitrogen and oxygen atoms in total. The van der Waals surface area contributed by atoms with E-state index in [1.807, 2.05) is 7.05 Å². The normalized spacial score (nSPS) is 23.6. The molecule has 0 aromatic carbocycles. The van der Waals surface area contributed by atoms with E-state index in [2.05, 4.69) is 42.8 Å². The van der Waals surface area contributed by atoms with E-state index in [9.17, 15) is 0 Å². The molecule has 0 amide bonds. The van der Waals surface area contributed by atoms with E-state index in [0.29, 0.717) is 12.1 Å². The van der Waals surface area contributed by atoms with Crippen molar-refractivity contribution in [2.24, 2.45) is 5.92 Å². The molecule has 96 valence electrons. The quantitative estimate of drug-likeness (QED) is 0.763. The summed E-state index contributed by atoms with van der Waals surface area (Å²) in [6.45, 7) is 15.3. The molecular weight excluding hydrogens is 198 g/mol. The fraction of sp³-hybridized carbons (Fsp3) is 1.00. The number of hydrogen-bond donors (Lipinski definition) is 1. The second-order valence-corrected chi connectivity index (χ2v) is 5.44. The lowest BCUT2D eigenvalue weighted by Crippen LogP contribution is -2.53. The molecular formula is C13H29N3. The van der Waals surface area contributed by atoms with Gasteiger partial charge in [0.2, 0.25) is 0 Å². The number of piperazine rings is 1. The highest BCUT2D eigenvalue weighted by Crippen LogP contribution is 2.14. The van der Waals surface area contributed by atoms with Gasteiger partial charge in [-0.15, -0.1) is 0 Å². The van der Waals surface area contributed by atoms with Gasteiger partial charge in [-0.1, -0.05) is 6.92 Å². The van der Waals surface area contributed by atoms with Crippen LogP contribution in [-0.4, -0.2) is 61.7 Å². The lowest BCUT2D eigenvalue weighted by molar-refractivity contribution is 0.0659. The van der Waals surface area contributed by atoms with Crippen LogP contribution in [0.2, 0.25) is 0 Å². The van der Waals surface area contributed by atoms with Crippen molar-refractivity contribution in [3.8, 4) is 0 Å². The summed E-state index contributed by atoms with van der Waals surface area (Å²) < 4.78 is 0. The van der Waals surface area contributed by atoms with Crippen molar-refractivity contribution in [2.45, 2.75) is 39.8 Å². The average molecular weight is 227 g/mol. The highest BCUT2D eigenvalue weighted by molar-refractivity contribution is 4.80. The lowest BCUT2D eigenvalue weighted by atomic mass is 10.0. The van der Waals surface area contributed by atoms with Gasteiger partial charge >= 0.3 is 0 Å². The molecule has 0 aromatic rings. The van der Waals surface area contributed by atoms with Gasteiger partial charge in [-0.05, 0) is 40.3 Å². The third kappa shape index (κ3) is 3.72. The monoisotopic (exact) mass is 227 g/mol. The molecule has 1 aliphatic rings. The molecule has 1 aliphatic heterocycles. The molecule has 1 saturated heterocycles. The molecule has 0 aromatic heterocycles. The molecule has 2 unspecified atom stereocenters. The second kappa shape index (κ2) is 6.58. The van der Waals surface area contributed by atoms with Crippen LogP contribution < -0.4 is 5.32 Å². The van der Waals surface area contributed by atoms with Crippen LogP contribution >= 0.6 is 0 Å². The fourth-order valence-corrected chi connectivity index (χ4v) is 2.51. The molecule has 0 radical (unpaired) electrons. The summed E-state index contributed by atoms with van der Waals surface area (Å²) in [5.74, 6) is 0.732. The van der Waals surface area contributed by atoms with Gasteiger partial charge in [0.1, 0.15) is 0 Å². The van der Waals surface area contributed by atoms with Crippen molar-refractivity contribution in [3.63, 3.8) is 0 Å². The Morgan fingerprint density at radius 1 is 0.938 bits per heavy atom. The Morgan fingerprint density at radius 2 is 1.44 bits per heavy atom. The van der Waals surface area contributed by atoms with Gasteiger partial charge in [-0.25, -0.2) is 0 Å². The van der Waals surface area contributed by atoms with Crippen LogP contribution in [0.15, 0.2) is 0 Å². The van der Waals surface area contributed by atoms with Crippen molar-refractivity contribution in [3.05, 3.63) is 0 Å². The maximum atomic E-state index is 3.28. The molecule has 0 spiro atoms. The predicted molar refractivity (Wildman–Crippen MR) is 70.8 cm³/mol. The number of nitrogens with zero attached hydrogens (tertiary/aromatic N) is 2. The first-order valence-corrected chi connectivity index (χ1v) is 6.69. The number of hydrogen-bond acceptors (Lipinski definition) is 3. The molecule has 0 aliphatic carbocycles. The number of nitrogens with one attached hydrogen (secondary N) is 1. The largest absolute Gasteiger partial charge is 0.319 e. The Hall–Kier alpha value is -0.120. The fourth-order valence-electron chi connectivity index (χ4n) is 2.51. The molecule has 1 heterocycles. The van der Waals surface area contributed by atoms with Crippen molar-refractivity contribution >= 4 is 0 Å². The van der Waals surface area contributed by atoms with Crippen LogP contribution in [0.1, 0.15) is 27.7 Å². The maximum absolute atomic E-state index is 3.28. The predicted octanol–water partition coefficient (Wildman–Crippen LogP) is 1.26. The first-order valence-electron chi connectivity index (χ1n) is 6.69. The van der Waals surface area contributed by atoms with Crippen LogP contribution in [-0.2, 0) is 0 Å². The van der Waals surface area contributed by atoms with Gasteiger partial charge in [-0.3, -0.25) is 9.80 Å². The smallest absolute Gasteiger partial charge is 0.0113 e. The summed E-state index contributed by atoms with van der Waals surface area (Å²) in [6.07, 6.45) is 0. The van der Waals surface area contributed by atoms with Crippen LogP contribution in [0.25, 0.3) is 0 Å². The zero-order valence-electron chi connectivity index (χ0n) is 11.7. The van der Waals surface area contributed by atoms with Gasteiger partial charge in [0, 0.05) is 38.3 Å². The summed E-state index contributed by atoms with van der Waals surface area (Å²) in [5, 5.41) is 3.28. The summed E-state index contributed by atoms with van der Waals surface area (Å²) in [7, 11) is 2.04. The Labute approximate surface area is 101 Å². The van der Waals surface area contributed by atoms with Crippen molar-refractivity contribution < 1.29 is 0 Å². The third-order valence-corrected chi connectivity index (χ3v) is 4.00. The standard InChI is InChI=1S/C13H29N3/c1-11(2)15-6-8-16(9-7-15)13(4)12(3)10-14-5/h11-14H,6-10H2,1-5H3. The SMILES string of the molecule is CNCC(C)C(C)N1CCN(C(C)C)CC1. The Kier molecular flexibility index (Phi) is 5.73. The average Bonchev–Trinajstić information content (AvgIpc) is 2.28. The summed E-state index contributed by atoms with van der Waals surface area (Å²) >= 11 is 0. The van der Waals surface area contributed by atoms with E-state index in [-0.39, 0.29) is 0 Å². The van der Waals surface area contributed by atoms with Crippen LogP contribution in [0, 0.1) is 5.92 Å². The minimum Gasteiger partial charge on any atom is -0.319 e. The molecule has 0 saturated carbocycles. The Bertz CT molecular complexity index is 186. The van der Waals surface area contributed by atoms with Gasteiger partial charge in [-0.2, -0.15) is 0 Å². The lowest BCUT2D eigenvalue weighted by Gasteiger charge is -2.41. The number of rotatable bonds is 5. The van der Waals surface area contributed by atoms with Gasteiger partial charge in [0.25, 0.3) is 0 Å². The molecule has 0 bridgehead atoms. The molecule has 1 rings (SSSR count). The van der Waals surface area contributed by atoms with Crippen LogP contribution in [0.3, 0.4) is 0 Å². The third-order valence-electron chi connectivity index (χ3n) is 4.00. The van der Waals surface area contributed by atoms with Gasteiger partial charge in [0.15, 0.2) is 0 Å². The Morgan fingerprint density at radius 3 is 1.88 bits per heavy atom. The maximum Gasteiger partial charge on any atom is 0.0113 e. The zero-order valence-corrected chi connectivity index (χ0v) is 11.7. The summed E-state index contributed by atoms with van der Waals surface area (Å²) in [5.41, 5.74) is 0. The molecule has 1 fully saturated rings. The Balaban J connectivity index is 2.35. The second-order valence-electron chi connectivity index (χ2n) is 5.44. The summed E-state index contributed by atoms with van der Waals surface area (Å²) in [6, 6.07) is 1.40. The van der Waals surface area contributed by atoms with Gasteiger partial charge in [0.05, 0.1) is 0 Å². The highest BCUT2D eigenvalue weighted by atomic mass is 15.3. The van der Waals surface area contributed by atoms with E-state index in [0.717, 1.165) is 12.5 Å². The molecule has 2 atom stereocenters. The molecule has 1 N–H and O–H groups in total. The zero-order chi connectivity index (χ0) is 12.1. The minimum atomic E-state index is 0.696. The minimum absolute atomic E-state index is 0.696. The molecule has 3 heteroatoms. The van der Waals surface area contributed by atoms with E-state index >= 15 is 0 Å². The molecule has 16 heavy (non-hydrogen) atoms. The van der Waals surface area contributed by atoms with E-state index < -0.39 is 0 Å². The van der Waals surface area contributed by atoms with Crippen molar-refractivity contribution in [1.29, 1.82) is 0 Å². The first kappa shape index (κ1) is 13.9. The van der Waals surface area contributed by atoms with E-state index in [4.69, 9.17) is 0 Å². The van der Waals surface area contributed by atoms with E-state index in [1.54, 1.807) is 0 Å². The van der Waals surface area contributed by atoms with Crippen LogP contribution in [0.4, 0.5) is 0 Å². The van der Waals surface area contributed by atoms with Gasteiger partial charge < -0.3 is 5.32 Å². The van der Waals surface area contributed by atoms with Crippen molar-refractivity contribution in [1.82, 2.24) is 15.1 Å². The van der Waals surface area contributed by atoms with Crippen molar-refractivity contribution in [2.75, 3.05) is 39.8 Å². The van der Waals surface area contributed by atoms with Crippen LogP contribution in [0.5, 0.6) is 0 Å². The first-order chi connectivity index (χ1) is 7.56. The summed E-state index contributed by atoms with van der Waals surface area (Å²) in [4.78, 5) is 5.22.